The third kappa shape index (κ3) is 4.77. The second kappa shape index (κ2) is 7.56. The van der Waals surface area contributed by atoms with Gasteiger partial charge < -0.3 is 16.8 Å². The Morgan fingerprint density at radius 1 is 1.13 bits per heavy atom. The summed E-state index contributed by atoms with van der Waals surface area (Å²) in [5, 5.41) is 2.90. The normalized spacial score (nSPS) is 12.0. The predicted octanol–water partition coefficient (Wildman–Crippen LogP) is 0.193. The molecular weight excluding hydrogens is 318 g/mol. The number of rotatable bonds is 8. The molecule has 0 unspecified atom stereocenters. The summed E-state index contributed by atoms with van der Waals surface area (Å²) in [5.41, 5.74) is 10.5. The molecule has 0 fully saturated rings. The van der Waals surface area contributed by atoms with Gasteiger partial charge >= 0.3 is 0 Å². The maximum atomic E-state index is 12.3. The molecule has 2 amide bonds. The van der Waals surface area contributed by atoms with Gasteiger partial charge in [0, 0.05) is 12.1 Å². The van der Waals surface area contributed by atoms with E-state index >= 15 is 0 Å². The van der Waals surface area contributed by atoms with Crippen molar-refractivity contribution in [1.29, 1.82) is 0 Å². The number of primary amides is 1. The van der Waals surface area contributed by atoms with E-state index in [1.165, 1.54) is 24.3 Å². The molecule has 7 nitrogen and oxygen atoms in total. The Balaban J connectivity index is 2.96. The highest BCUT2D eigenvalue weighted by Crippen LogP contribution is 2.16. The fourth-order valence-corrected chi connectivity index (χ4v) is 3.26. The molecule has 0 spiro atoms. The third-order valence-electron chi connectivity index (χ3n) is 3.93. The van der Waals surface area contributed by atoms with Gasteiger partial charge in [-0.1, -0.05) is 13.8 Å². The predicted molar refractivity (Wildman–Crippen MR) is 87.5 cm³/mol. The standard InChI is InChI=1S/C15H23N3O4S/c1-3-15(4-2,10-16)18-14(20)11-5-7-12(8-6-11)23(21,22)9-13(17)19/h5-8H,3-4,9-10,16H2,1-2H3,(H2,17,19)(H,18,20). The van der Waals surface area contributed by atoms with Gasteiger partial charge in [-0.25, -0.2) is 8.42 Å². The van der Waals surface area contributed by atoms with Crippen LogP contribution in [0.2, 0.25) is 0 Å². The summed E-state index contributed by atoms with van der Waals surface area (Å²) in [6, 6.07) is 5.37. The van der Waals surface area contributed by atoms with E-state index in [2.05, 4.69) is 5.32 Å². The van der Waals surface area contributed by atoms with E-state index in [4.69, 9.17) is 11.5 Å². The number of amides is 2. The van der Waals surface area contributed by atoms with E-state index in [0.29, 0.717) is 24.9 Å². The molecule has 0 heterocycles. The van der Waals surface area contributed by atoms with Crippen LogP contribution in [-0.4, -0.2) is 38.1 Å². The highest BCUT2D eigenvalue weighted by molar-refractivity contribution is 7.92. The molecule has 5 N–H and O–H groups in total. The van der Waals surface area contributed by atoms with Crippen molar-refractivity contribution in [3.63, 3.8) is 0 Å². The van der Waals surface area contributed by atoms with Crippen LogP contribution in [0, 0.1) is 0 Å². The fraction of sp³-hybridized carbons (Fsp3) is 0.467. The monoisotopic (exact) mass is 341 g/mol. The molecule has 1 rings (SSSR count). The van der Waals surface area contributed by atoms with Gasteiger partial charge in [0.2, 0.25) is 5.91 Å². The maximum absolute atomic E-state index is 12.3. The number of nitrogens with one attached hydrogen (secondary N) is 1. The molecule has 0 aromatic heterocycles. The van der Waals surface area contributed by atoms with E-state index in [-0.39, 0.29) is 10.8 Å². The lowest BCUT2D eigenvalue weighted by atomic mass is 9.92. The van der Waals surface area contributed by atoms with E-state index in [0.717, 1.165) is 0 Å². The number of carbonyl (C=O) groups is 2. The van der Waals surface area contributed by atoms with Crippen molar-refractivity contribution in [3.05, 3.63) is 29.8 Å². The smallest absolute Gasteiger partial charge is 0.251 e. The first kappa shape index (κ1) is 19.1. The minimum atomic E-state index is -3.78. The summed E-state index contributed by atoms with van der Waals surface area (Å²) in [7, 11) is -3.78. The molecule has 0 saturated carbocycles. The molecule has 8 heteroatoms. The number of hydrogen-bond donors (Lipinski definition) is 3. The van der Waals surface area contributed by atoms with Gasteiger partial charge in [0.25, 0.3) is 5.91 Å². The Morgan fingerprint density at radius 3 is 2.04 bits per heavy atom. The van der Waals surface area contributed by atoms with Gasteiger partial charge in [-0.3, -0.25) is 9.59 Å². The zero-order valence-electron chi connectivity index (χ0n) is 13.3. The minimum Gasteiger partial charge on any atom is -0.369 e. The van der Waals surface area contributed by atoms with Gasteiger partial charge in [0.15, 0.2) is 9.84 Å². The van der Waals surface area contributed by atoms with Crippen molar-refractivity contribution in [3.8, 4) is 0 Å². The summed E-state index contributed by atoms with van der Waals surface area (Å²) in [6.45, 7) is 4.20. The minimum absolute atomic E-state index is 0.0519. The van der Waals surface area contributed by atoms with E-state index < -0.39 is 27.0 Å². The SMILES string of the molecule is CCC(CC)(CN)NC(=O)c1ccc(S(=O)(=O)CC(N)=O)cc1. The molecule has 0 atom stereocenters. The highest BCUT2D eigenvalue weighted by atomic mass is 32.2. The fourth-order valence-electron chi connectivity index (χ4n) is 2.16. The van der Waals surface area contributed by atoms with E-state index in [1.54, 1.807) is 0 Å². The Hall–Kier alpha value is -1.93. The first-order valence-corrected chi connectivity index (χ1v) is 8.98. The second-order valence-corrected chi connectivity index (χ2v) is 7.39. The summed E-state index contributed by atoms with van der Waals surface area (Å²) in [6.07, 6.45) is 1.38. The number of carbonyl (C=O) groups excluding carboxylic acids is 2. The van der Waals surface area contributed by atoms with Gasteiger partial charge in [0.05, 0.1) is 10.4 Å². The topological polar surface area (TPSA) is 132 Å². The average Bonchev–Trinajstić information content (AvgIpc) is 2.51. The summed E-state index contributed by atoms with van der Waals surface area (Å²) in [4.78, 5) is 23.0. The Kier molecular flexibility index (Phi) is 6.28. The molecule has 0 radical (unpaired) electrons. The van der Waals surface area contributed by atoms with Crippen molar-refractivity contribution in [2.45, 2.75) is 37.1 Å². The molecule has 1 aromatic rings. The average molecular weight is 341 g/mol. The van der Waals surface area contributed by atoms with Crippen molar-refractivity contribution in [2.24, 2.45) is 11.5 Å². The van der Waals surface area contributed by atoms with Crippen molar-refractivity contribution in [2.75, 3.05) is 12.3 Å². The second-order valence-electron chi connectivity index (χ2n) is 5.40. The molecule has 0 aliphatic heterocycles. The Morgan fingerprint density at radius 2 is 1.65 bits per heavy atom. The van der Waals surface area contributed by atoms with Gasteiger partial charge in [0.1, 0.15) is 5.75 Å². The third-order valence-corrected chi connectivity index (χ3v) is 5.59. The molecule has 1 aromatic carbocycles. The summed E-state index contributed by atoms with van der Waals surface area (Å²) in [5.74, 6) is -2.01. The molecule has 23 heavy (non-hydrogen) atoms. The van der Waals surface area contributed by atoms with Gasteiger partial charge in [-0.05, 0) is 37.1 Å². The number of hydrogen-bond acceptors (Lipinski definition) is 5. The van der Waals surface area contributed by atoms with Gasteiger partial charge in [-0.15, -0.1) is 0 Å². The molecule has 128 valence electrons. The van der Waals surface area contributed by atoms with Crippen LogP contribution in [-0.2, 0) is 14.6 Å². The quantitative estimate of drug-likeness (QED) is 0.621. The first-order valence-electron chi connectivity index (χ1n) is 7.33. The lowest BCUT2D eigenvalue weighted by Gasteiger charge is -2.31. The number of nitrogens with two attached hydrogens (primary N) is 2. The zero-order chi connectivity index (χ0) is 17.7. The lowest BCUT2D eigenvalue weighted by Crippen LogP contribution is -2.52. The molecule has 0 aliphatic rings. The van der Waals surface area contributed by atoms with E-state index in [1.807, 2.05) is 13.8 Å². The highest BCUT2D eigenvalue weighted by Gasteiger charge is 2.27. The summed E-state index contributed by atoms with van der Waals surface area (Å²) < 4.78 is 23.7. The molecule has 0 bridgehead atoms. The van der Waals surface area contributed by atoms with Gasteiger partial charge in [-0.2, -0.15) is 0 Å². The number of sulfone groups is 1. The Labute approximate surface area is 136 Å². The van der Waals surface area contributed by atoms with Crippen LogP contribution in [0.4, 0.5) is 0 Å². The molecule has 0 aliphatic carbocycles. The van der Waals surface area contributed by atoms with Crippen LogP contribution in [0.3, 0.4) is 0 Å². The largest absolute Gasteiger partial charge is 0.369 e. The van der Waals surface area contributed by atoms with E-state index in [9.17, 15) is 18.0 Å². The first-order chi connectivity index (χ1) is 10.7. The summed E-state index contributed by atoms with van der Waals surface area (Å²) >= 11 is 0. The van der Waals surface area contributed by atoms with Crippen molar-refractivity contribution < 1.29 is 18.0 Å². The van der Waals surface area contributed by atoms with Crippen LogP contribution in [0.1, 0.15) is 37.0 Å². The van der Waals surface area contributed by atoms with Crippen molar-refractivity contribution >= 4 is 21.7 Å². The van der Waals surface area contributed by atoms with Crippen LogP contribution in [0.5, 0.6) is 0 Å². The van der Waals surface area contributed by atoms with Crippen molar-refractivity contribution in [1.82, 2.24) is 5.32 Å². The zero-order valence-corrected chi connectivity index (χ0v) is 14.2. The molecule has 0 saturated heterocycles. The lowest BCUT2D eigenvalue weighted by molar-refractivity contribution is -0.115. The Bertz CT molecular complexity index is 656. The van der Waals surface area contributed by atoms with Crippen LogP contribution < -0.4 is 16.8 Å². The maximum Gasteiger partial charge on any atom is 0.251 e. The van der Waals surface area contributed by atoms with Crippen LogP contribution in [0.15, 0.2) is 29.2 Å². The molecular formula is C15H23N3O4S. The van der Waals surface area contributed by atoms with Crippen LogP contribution >= 0.6 is 0 Å². The number of benzene rings is 1. The van der Waals surface area contributed by atoms with Crippen LogP contribution in [0.25, 0.3) is 0 Å².